The van der Waals surface area contributed by atoms with E-state index in [1.807, 2.05) is 13.8 Å². The Kier molecular flexibility index (Phi) is 8.97. The van der Waals surface area contributed by atoms with Gasteiger partial charge in [-0.25, -0.2) is 9.59 Å². The second-order valence-electron chi connectivity index (χ2n) is 5.90. The summed E-state index contributed by atoms with van der Waals surface area (Å²) in [6.07, 6.45) is 0.424. The Balaban J connectivity index is 2.37. The van der Waals surface area contributed by atoms with Crippen molar-refractivity contribution in [3.63, 3.8) is 0 Å². The zero-order valence-corrected chi connectivity index (χ0v) is 15.4. The highest BCUT2D eigenvalue weighted by atomic mass is 16.6. The molecular formula is C18H25NO7. The monoisotopic (exact) mass is 367 g/mol. The molecule has 1 aromatic carbocycles. The van der Waals surface area contributed by atoms with Crippen LogP contribution in [0.5, 0.6) is 11.5 Å². The molecule has 0 aliphatic rings. The molecule has 1 rings (SSSR count). The van der Waals surface area contributed by atoms with E-state index in [1.54, 1.807) is 31.4 Å². The first-order chi connectivity index (χ1) is 12.3. The average Bonchev–Trinajstić information content (AvgIpc) is 2.63. The number of ether oxygens (including phenoxy) is 4. The van der Waals surface area contributed by atoms with Gasteiger partial charge in [0.25, 0.3) is 5.91 Å². The Bertz CT molecular complexity index is 598. The minimum absolute atomic E-state index is 0.180. The van der Waals surface area contributed by atoms with Gasteiger partial charge in [-0.15, -0.1) is 0 Å². The van der Waals surface area contributed by atoms with E-state index in [2.05, 4.69) is 10.1 Å². The Morgan fingerprint density at radius 2 is 1.62 bits per heavy atom. The highest BCUT2D eigenvalue weighted by Gasteiger charge is 2.23. The lowest BCUT2D eigenvalue weighted by molar-refractivity contribution is -0.151. The summed E-state index contributed by atoms with van der Waals surface area (Å²) in [5, 5.41) is 2.50. The topological polar surface area (TPSA) is 100 Å². The van der Waals surface area contributed by atoms with Gasteiger partial charge in [-0.05, 0) is 36.6 Å². The molecule has 0 fully saturated rings. The van der Waals surface area contributed by atoms with E-state index >= 15 is 0 Å². The third kappa shape index (κ3) is 7.87. The summed E-state index contributed by atoms with van der Waals surface area (Å²) in [5.41, 5.74) is 0. The minimum Gasteiger partial charge on any atom is -0.497 e. The summed E-state index contributed by atoms with van der Waals surface area (Å²) in [7, 11) is 2.79. The van der Waals surface area contributed by atoms with Crippen molar-refractivity contribution in [1.82, 2.24) is 5.32 Å². The van der Waals surface area contributed by atoms with Crippen LogP contribution in [0.3, 0.4) is 0 Å². The molecule has 8 nitrogen and oxygen atoms in total. The number of methoxy groups -OCH3 is 2. The molecule has 0 radical (unpaired) electrons. The number of nitrogens with one attached hydrogen (secondary N) is 1. The molecular weight excluding hydrogens is 342 g/mol. The van der Waals surface area contributed by atoms with Gasteiger partial charge in [0.1, 0.15) is 17.5 Å². The second-order valence-corrected chi connectivity index (χ2v) is 5.90. The summed E-state index contributed by atoms with van der Waals surface area (Å²) >= 11 is 0. The van der Waals surface area contributed by atoms with Crippen LogP contribution in [0.15, 0.2) is 24.3 Å². The van der Waals surface area contributed by atoms with Gasteiger partial charge in [0, 0.05) is 0 Å². The average molecular weight is 367 g/mol. The van der Waals surface area contributed by atoms with Gasteiger partial charge in [0.15, 0.2) is 13.2 Å². The van der Waals surface area contributed by atoms with Crippen LogP contribution in [0.25, 0.3) is 0 Å². The van der Waals surface area contributed by atoms with E-state index < -0.39 is 30.5 Å². The first kappa shape index (κ1) is 21.3. The fourth-order valence-electron chi connectivity index (χ4n) is 2.07. The second kappa shape index (κ2) is 11.0. The fraction of sp³-hybridized carbons (Fsp3) is 0.500. The van der Waals surface area contributed by atoms with Crippen molar-refractivity contribution in [3.05, 3.63) is 24.3 Å². The van der Waals surface area contributed by atoms with Gasteiger partial charge in [-0.3, -0.25) is 4.79 Å². The predicted octanol–water partition coefficient (Wildman–Crippen LogP) is 1.32. The van der Waals surface area contributed by atoms with Crippen LogP contribution in [0.2, 0.25) is 0 Å². The normalized spacial score (nSPS) is 11.4. The molecule has 0 aromatic heterocycles. The zero-order chi connectivity index (χ0) is 19.5. The maximum atomic E-state index is 11.9. The van der Waals surface area contributed by atoms with Gasteiger partial charge in [0.05, 0.1) is 14.2 Å². The molecule has 1 N–H and O–H groups in total. The summed E-state index contributed by atoms with van der Waals surface area (Å²) in [6.45, 7) is 2.99. The van der Waals surface area contributed by atoms with Gasteiger partial charge in [-0.2, -0.15) is 0 Å². The fourth-order valence-corrected chi connectivity index (χ4v) is 2.07. The maximum Gasteiger partial charge on any atom is 0.344 e. The molecule has 144 valence electrons. The van der Waals surface area contributed by atoms with E-state index in [0.717, 1.165) is 0 Å². The van der Waals surface area contributed by atoms with Crippen LogP contribution in [0.4, 0.5) is 0 Å². The maximum absolute atomic E-state index is 11.9. The van der Waals surface area contributed by atoms with Crippen molar-refractivity contribution < 1.29 is 33.3 Å². The van der Waals surface area contributed by atoms with E-state index in [9.17, 15) is 14.4 Å². The molecule has 26 heavy (non-hydrogen) atoms. The van der Waals surface area contributed by atoms with E-state index in [0.29, 0.717) is 17.9 Å². The van der Waals surface area contributed by atoms with Crippen molar-refractivity contribution >= 4 is 17.8 Å². The Morgan fingerprint density at radius 3 is 2.15 bits per heavy atom. The van der Waals surface area contributed by atoms with Crippen LogP contribution in [-0.4, -0.2) is 51.3 Å². The molecule has 0 saturated heterocycles. The van der Waals surface area contributed by atoms with E-state index in [-0.39, 0.29) is 12.5 Å². The Labute approximate surface area is 152 Å². The van der Waals surface area contributed by atoms with Crippen LogP contribution < -0.4 is 14.8 Å². The van der Waals surface area contributed by atoms with Crippen molar-refractivity contribution in [2.24, 2.45) is 5.92 Å². The van der Waals surface area contributed by atoms with Crippen molar-refractivity contribution in [3.8, 4) is 11.5 Å². The number of carbonyl (C=O) groups is 3. The lowest BCUT2D eigenvalue weighted by Gasteiger charge is -2.18. The molecule has 8 heteroatoms. The number of benzene rings is 1. The highest BCUT2D eigenvalue weighted by Crippen LogP contribution is 2.16. The summed E-state index contributed by atoms with van der Waals surface area (Å²) in [5.74, 6) is -0.512. The largest absolute Gasteiger partial charge is 0.497 e. The Morgan fingerprint density at radius 1 is 1.00 bits per heavy atom. The van der Waals surface area contributed by atoms with Crippen molar-refractivity contribution in [2.75, 3.05) is 27.4 Å². The summed E-state index contributed by atoms with van der Waals surface area (Å²) < 4.78 is 19.8. The SMILES string of the molecule is COC(=O)[C@@H](CC(C)C)NC(=O)COC(=O)COc1ccc(OC)cc1. The molecule has 0 heterocycles. The van der Waals surface area contributed by atoms with Gasteiger partial charge in [0.2, 0.25) is 0 Å². The number of esters is 2. The van der Waals surface area contributed by atoms with Gasteiger partial charge >= 0.3 is 11.9 Å². The van der Waals surface area contributed by atoms with Crippen LogP contribution in [0, 0.1) is 5.92 Å². The molecule has 0 bridgehead atoms. The smallest absolute Gasteiger partial charge is 0.344 e. The van der Waals surface area contributed by atoms with Gasteiger partial charge < -0.3 is 24.3 Å². The summed E-state index contributed by atoms with van der Waals surface area (Å²) in [6, 6.07) is 5.89. The number of carbonyl (C=O) groups excluding carboxylic acids is 3. The van der Waals surface area contributed by atoms with Crippen molar-refractivity contribution in [1.29, 1.82) is 0 Å². The number of hydrogen-bond donors (Lipinski definition) is 1. The van der Waals surface area contributed by atoms with Crippen LogP contribution in [-0.2, 0) is 23.9 Å². The number of amides is 1. The van der Waals surface area contributed by atoms with Crippen LogP contribution in [0.1, 0.15) is 20.3 Å². The van der Waals surface area contributed by atoms with E-state index in [4.69, 9.17) is 14.2 Å². The zero-order valence-electron chi connectivity index (χ0n) is 15.4. The predicted molar refractivity (Wildman–Crippen MR) is 92.8 cm³/mol. The molecule has 0 saturated carbocycles. The quantitative estimate of drug-likeness (QED) is 0.623. The molecule has 0 aliphatic carbocycles. The third-order valence-corrected chi connectivity index (χ3v) is 3.31. The third-order valence-electron chi connectivity index (χ3n) is 3.31. The van der Waals surface area contributed by atoms with Crippen LogP contribution >= 0.6 is 0 Å². The van der Waals surface area contributed by atoms with Gasteiger partial charge in [-0.1, -0.05) is 13.8 Å². The summed E-state index contributed by atoms with van der Waals surface area (Å²) in [4.78, 5) is 35.2. The first-order valence-electron chi connectivity index (χ1n) is 8.15. The lowest BCUT2D eigenvalue weighted by atomic mass is 10.0. The standard InChI is InChI=1S/C18H25NO7/c1-12(2)9-15(18(22)24-4)19-16(20)10-26-17(21)11-25-14-7-5-13(23-3)6-8-14/h5-8,12,15H,9-11H2,1-4H3,(H,19,20)/t15-/m1/s1. The lowest BCUT2D eigenvalue weighted by Crippen LogP contribution is -2.44. The molecule has 1 amide bonds. The minimum atomic E-state index is -0.776. The number of hydrogen-bond acceptors (Lipinski definition) is 7. The van der Waals surface area contributed by atoms with E-state index in [1.165, 1.54) is 7.11 Å². The molecule has 1 aromatic rings. The Hall–Kier alpha value is -2.77. The molecule has 0 spiro atoms. The van der Waals surface area contributed by atoms with Crippen molar-refractivity contribution in [2.45, 2.75) is 26.3 Å². The molecule has 0 aliphatic heterocycles. The highest BCUT2D eigenvalue weighted by molar-refractivity contribution is 5.86. The number of rotatable bonds is 10. The first-order valence-corrected chi connectivity index (χ1v) is 8.15. The molecule has 0 unspecified atom stereocenters. The molecule has 1 atom stereocenters.